The van der Waals surface area contributed by atoms with E-state index in [0.29, 0.717) is 5.75 Å². The summed E-state index contributed by atoms with van der Waals surface area (Å²) in [5, 5.41) is 3.36. The van der Waals surface area contributed by atoms with Gasteiger partial charge in [0.15, 0.2) is 11.5 Å². The lowest BCUT2D eigenvalue weighted by Gasteiger charge is -2.33. The largest absolute Gasteiger partial charge is 0.493 e. The van der Waals surface area contributed by atoms with Gasteiger partial charge in [-0.25, -0.2) is 0 Å². The normalized spacial score (nSPS) is 19.6. The fraction of sp³-hybridized carbons (Fsp3) is 0.467. The molecule has 1 N–H and O–H groups in total. The SMILES string of the molecule is C=C[C@@H](c1cc(OC)c2c(c1)OCO2)N1CCNCC1. The first kappa shape index (κ1) is 13.3. The Labute approximate surface area is 119 Å². The molecule has 2 aliphatic rings. The van der Waals surface area contributed by atoms with Crippen LogP contribution in [0, 0.1) is 0 Å². The zero-order valence-corrected chi connectivity index (χ0v) is 11.7. The number of nitrogens with one attached hydrogen (secondary N) is 1. The number of fused-ring (bicyclic) bond motifs is 1. The molecule has 1 atom stereocenters. The van der Waals surface area contributed by atoms with Gasteiger partial charge in [-0.15, -0.1) is 6.58 Å². The molecule has 0 unspecified atom stereocenters. The van der Waals surface area contributed by atoms with Crippen molar-refractivity contribution >= 4 is 0 Å². The van der Waals surface area contributed by atoms with E-state index in [0.717, 1.165) is 43.2 Å². The first-order valence-electron chi connectivity index (χ1n) is 6.88. The van der Waals surface area contributed by atoms with Gasteiger partial charge >= 0.3 is 0 Å². The zero-order valence-electron chi connectivity index (χ0n) is 11.7. The maximum atomic E-state index is 5.50. The predicted octanol–water partition coefficient (Wildman–Crippen LogP) is 1.56. The average molecular weight is 276 g/mol. The lowest BCUT2D eigenvalue weighted by Crippen LogP contribution is -2.44. The molecular weight excluding hydrogens is 256 g/mol. The smallest absolute Gasteiger partial charge is 0.231 e. The van der Waals surface area contributed by atoms with Gasteiger partial charge in [-0.05, 0) is 17.7 Å². The van der Waals surface area contributed by atoms with E-state index in [-0.39, 0.29) is 12.8 Å². The maximum Gasteiger partial charge on any atom is 0.231 e. The second-order valence-corrected chi connectivity index (χ2v) is 4.92. The standard InChI is InChI=1S/C15H20N2O3/c1-3-12(17-6-4-16-5-7-17)11-8-13(18-2)15-14(9-11)19-10-20-15/h3,8-9,12,16H,1,4-7,10H2,2H3/t12-/m0/s1. The molecule has 5 heteroatoms. The van der Waals surface area contributed by atoms with Crippen molar-refractivity contribution in [1.29, 1.82) is 0 Å². The van der Waals surface area contributed by atoms with Gasteiger partial charge in [0.2, 0.25) is 12.5 Å². The van der Waals surface area contributed by atoms with E-state index in [4.69, 9.17) is 14.2 Å². The molecule has 108 valence electrons. The molecule has 1 aromatic rings. The fourth-order valence-corrected chi connectivity index (χ4v) is 2.78. The zero-order chi connectivity index (χ0) is 13.9. The number of methoxy groups -OCH3 is 1. The molecule has 1 aromatic carbocycles. The Bertz CT molecular complexity index is 498. The van der Waals surface area contributed by atoms with Crippen molar-refractivity contribution in [2.75, 3.05) is 40.1 Å². The molecule has 2 heterocycles. The topological polar surface area (TPSA) is 43.0 Å². The van der Waals surface area contributed by atoms with Crippen molar-refractivity contribution in [3.05, 3.63) is 30.4 Å². The highest BCUT2D eigenvalue weighted by molar-refractivity contribution is 5.56. The predicted molar refractivity (Wildman–Crippen MR) is 76.5 cm³/mol. The molecule has 0 saturated carbocycles. The summed E-state index contributed by atoms with van der Waals surface area (Å²) in [6.07, 6.45) is 1.97. The van der Waals surface area contributed by atoms with Crippen molar-refractivity contribution in [3.8, 4) is 17.2 Å². The number of nitrogens with zero attached hydrogens (tertiary/aromatic N) is 1. The Kier molecular flexibility index (Phi) is 3.80. The Balaban J connectivity index is 1.93. The molecule has 0 amide bonds. The second-order valence-electron chi connectivity index (χ2n) is 4.92. The van der Waals surface area contributed by atoms with Crippen molar-refractivity contribution in [1.82, 2.24) is 10.2 Å². The van der Waals surface area contributed by atoms with Gasteiger partial charge in [0.25, 0.3) is 0 Å². The van der Waals surface area contributed by atoms with Crippen molar-refractivity contribution < 1.29 is 14.2 Å². The van der Waals surface area contributed by atoms with Crippen LogP contribution in [0.3, 0.4) is 0 Å². The minimum Gasteiger partial charge on any atom is -0.493 e. The lowest BCUT2D eigenvalue weighted by atomic mass is 10.0. The van der Waals surface area contributed by atoms with Gasteiger partial charge < -0.3 is 19.5 Å². The number of hydrogen-bond donors (Lipinski definition) is 1. The van der Waals surface area contributed by atoms with Crippen LogP contribution >= 0.6 is 0 Å². The third-order valence-electron chi connectivity index (χ3n) is 3.79. The molecule has 0 aromatic heterocycles. The summed E-state index contributed by atoms with van der Waals surface area (Å²) in [5.74, 6) is 2.16. The van der Waals surface area contributed by atoms with Crippen molar-refractivity contribution in [3.63, 3.8) is 0 Å². The summed E-state index contributed by atoms with van der Waals surface area (Å²) < 4.78 is 16.3. The van der Waals surface area contributed by atoms with Gasteiger partial charge in [-0.2, -0.15) is 0 Å². The lowest BCUT2D eigenvalue weighted by molar-refractivity contribution is 0.171. The summed E-state index contributed by atoms with van der Waals surface area (Å²) in [7, 11) is 1.65. The van der Waals surface area contributed by atoms with Crippen LogP contribution < -0.4 is 19.5 Å². The first-order valence-corrected chi connectivity index (χ1v) is 6.88. The quantitative estimate of drug-likeness (QED) is 0.845. The van der Waals surface area contributed by atoms with E-state index in [9.17, 15) is 0 Å². The highest BCUT2D eigenvalue weighted by Gasteiger charge is 2.25. The summed E-state index contributed by atoms with van der Waals surface area (Å²) >= 11 is 0. The molecular formula is C15H20N2O3. The average Bonchev–Trinajstić information content (AvgIpc) is 2.97. The van der Waals surface area contributed by atoms with Crippen LogP contribution in [0.5, 0.6) is 17.2 Å². The molecule has 0 spiro atoms. The number of piperazine rings is 1. The maximum absolute atomic E-state index is 5.50. The molecule has 0 radical (unpaired) electrons. The summed E-state index contributed by atoms with van der Waals surface area (Å²) in [4.78, 5) is 2.40. The highest BCUT2D eigenvalue weighted by atomic mass is 16.7. The molecule has 2 aliphatic heterocycles. The summed E-state index contributed by atoms with van der Waals surface area (Å²) in [6.45, 7) is 8.26. The van der Waals surface area contributed by atoms with Crippen LogP contribution in [0.2, 0.25) is 0 Å². The molecule has 0 bridgehead atoms. The Morgan fingerprint density at radius 3 is 2.85 bits per heavy atom. The van der Waals surface area contributed by atoms with E-state index in [2.05, 4.69) is 16.8 Å². The van der Waals surface area contributed by atoms with Crippen LogP contribution in [0.25, 0.3) is 0 Å². The van der Waals surface area contributed by atoms with Gasteiger partial charge in [0.05, 0.1) is 13.2 Å². The molecule has 0 aliphatic carbocycles. The summed E-state index contributed by atoms with van der Waals surface area (Å²) in [5.41, 5.74) is 1.13. The van der Waals surface area contributed by atoms with Gasteiger partial charge in [-0.3, -0.25) is 4.90 Å². The fourth-order valence-electron chi connectivity index (χ4n) is 2.78. The molecule has 1 saturated heterocycles. The number of rotatable bonds is 4. The molecule has 20 heavy (non-hydrogen) atoms. The minimum atomic E-state index is 0.167. The number of benzene rings is 1. The van der Waals surface area contributed by atoms with Crippen LogP contribution in [-0.4, -0.2) is 45.0 Å². The second kappa shape index (κ2) is 5.73. The Morgan fingerprint density at radius 2 is 2.15 bits per heavy atom. The summed E-state index contributed by atoms with van der Waals surface area (Å²) in [6, 6.07) is 4.21. The molecule has 5 nitrogen and oxygen atoms in total. The minimum absolute atomic E-state index is 0.167. The van der Waals surface area contributed by atoms with Crippen molar-refractivity contribution in [2.45, 2.75) is 6.04 Å². The van der Waals surface area contributed by atoms with Crippen LogP contribution in [0.1, 0.15) is 11.6 Å². The van der Waals surface area contributed by atoms with Gasteiger partial charge in [0.1, 0.15) is 0 Å². The van der Waals surface area contributed by atoms with Crippen LogP contribution in [0.4, 0.5) is 0 Å². The van der Waals surface area contributed by atoms with Crippen LogP contribution in [0.15, 0.2) is 24.8 Å². The van der Waals surface area contributed by atoms with E-state index in [1.54, 1.807) is 7.11 Å². The number of ether oxygens (including phenoxy) is 3. The van der Waals surface area contributed by atoms with E-state index >= 15 is 0 Å². The Morgan fingerprint density at radius 1 is 1.35 bits per heavy atom. The monoisotopic (exact) mass is 276 g/mol. The van der Waals surface area contributed by atoms with Crippen molar-refractivity contribution in [2.24, 2.45) is 0 Å². The third kappa shape index (κ3) is 2.34. The van der Waals surface area contributed by atoms with Crippen LogP contribution in [-0.2, 0) is 0 Å². The van der Waals surface area contributed by atoms with E-state index < -0.39 is 0 Å². The number of hydrogen-bond acceptors (Lipinski definition) is 5. The van der Waals surface area contributed by atoms with E-state index in [1.807, 2.05) is 18.2 Å². The van der Waals surface area contributed by atoms with Gasteiger partial charge in [0, 0.05) is 26.2 Å². The highest BCUT2D eigenvalue weighted by Crippen LogP contribution is 2.43. The Hall–Kier alpha value is -1.72. The third-order valence-corrected chi connectivity index (χ3v) is 3.79. The van der Waals surface area contributed by atoms with E-state index in [1.165, 1.54) is 0 Å². The first-order chi connectivity index (χ1) is 9.83. The molecule has 1 fully saturated rings. The van der Waals surface area contributed by atoms with Gasteiger partial charge in [-0.1, -0.05) is 6.08 Å². The molecule has 3 rings (SSSR count).